The Bertz CT molecular complexity index is 301. The van der Waals surface area contributed by atoms with E-state index in [0.29, 0.717) is 15.7 Å². The molecule has 0 atom stereocenters. The second-order valence-electron chi connectivity index (χ2n) is 1.69. The van der Waals surface area contributed by atoms with E-state index in [0.717, 1.165) is 7.05 Å². The summed E-state index contributed by atoms with van der Waals surface area (Å²) in [6, 6.07) is 0. The van der Waals surface area contributed by atoms with Gasteiger partial charge in [-0.15, -0.1) is 15.3 Å². The molecular weight excluding hydrogens is 251 g/mol. The highest BCUT2D eigenvalue weighted by atomic mass is 35.5. The molecule has 0 saturated heterocycles. The molecule has 0 aromatic carbocycles. The smallest absolute Gasteiger partial charge is 0.203 e. The quantitative estimate of drug-likeness (QED) is 0.570. The van der Waals surface area contributed by atoms with Crippen LogP contribution >= 0.6 is 23.5 Å². The fraction of sp³-hybridized carbons (Fsp3) is 0.500. The first kappa shape index (κ1) is 13.1. The molecule has 3 nitrogen and oxygen atoms in total. The molecular formula is C4H5ClF3NO2S2. The summed E-state index contributed by atoms with van der Waals surface area (Å²) in [7, 11) is -3.80. The molecule has 0 rings (SSSR count). The van der Waals surface area contributed by atoms with Gasteiger partial charge in [-0.1, -0.05) is 0 Å². The third-order valence-corrected chi connectivity index (χ3v) is 3.89. The van der Waals surface area contributed by atoms with Crippen LogP contribution in [0.15, 0.2) is 11.2 Å². The van der Waals surface area contributed by atoms with Crippen LogP contribution in [-0.2, 0) is 10.0 Å². The molecule has 0 aliphatic rings. The van der Waals surface area contributed by atoms with Crippen molar-refractivity contribution in [2.24, 2.45) is 0 Å². The van der Waals surface area contributed by atoms with Crippen LogP contribution in [0.3, 0.4) is 0 Å². The second kappa shape index (κ2) is 5.08. The maximum Gasteiger partial charge on any atom is 0.319 e. The van der Waals surface area contributed by atoms with Crippen molar-refractivity contribution in [3.8, 4) is 0 Å². The van der Waals surface area contributed by atoms with Gasteiger partial charge < -0.3 is 0 Å². The van der Waals surface area contributed by atoms with Gasteiger partial charge in [-0.05, 0) is 11.9 Å². The molecule has 13 heavy (non-hydrogen) atoms. The Hall–Kier alpha value is 0.0800. The van der Waals surface area contributed by atoms with Crippen LogP contribution in [0.2, 0.25) is 0 Å². The average molecular weight is 256 g/mol. The third-order valence-electron chi connectivity index (χ3n) is 0.944. The lowest BCUT2D eigenvalue weighted by Crippen LogP contribution is -2.20. The van der Waals surface area contributed by atoms with E-state index in [1.807, 2.05) is 0 Å². The summed E-state index contributed by atoms with van der Waals surface area (Å²) in [5.74, 6) is 0. The van der Waals surface area contributed by atoms with Crippen molar-refractivity contribution in [3.63, 3.8) is 0 Å². The predicted octanol–water partition coefficient (Wildman–Crippen LogP) is 2.13. The number of rotatable bonds is 4. The molecule has 0 N–H and O–H groups in total. The molecule has 0 bridgehead atoms. The van der Waals surface area contributed by atoms with Gasteiger partial charge in [0.25, 0.3) is 15.2 Å². The Balaban J connectivity index is 4.89. The number of hydrogen-bond donors (Lipinski definition) is 0. The zero-order valence-corrected chi connectivity index (χ0v) is 8.69. The monoisotopic (exact) mass is 255 g/mol. The summed E-state index contributed by atoms with van der Waals surface area (Å²) in [4.78, 5) is 0. The van der Waals surface area contributed by atoms with Crippen LogP contribution in [0.1, 0.15) is 0 Å². The Morgan fingerprint density at radius 3 is 2.23 bits per heavy atom. The van der Waals surface area contributed by atoms with Crippen molar-refractivity contribution in [1.82, 2.24) is 3.71 Å². The topological polar surface area (TPSA) is 37.4 Å². The molecule has 0 spiro atoms. The molecule has 0 unspecified atom stereocenters. The SMILES string of the molecule is CN(SCCl)S(=O)(=O)C(F)=C(F)F. The fourth-order valence-electron chi connectivity index (χ4n) is 0.348. The summed E-state index contributed by atoms with van der Waals surface area (Å²) in [6.45, 7) is 0. The minimum atomic E-state index is -4.73. The van der Waals surface area contributed by atoms with E-state index in [2.05, 4.69) is 0 Å². The van der Waals surface area contributed by atoms with Crippen LogP contribution in [0.5, 0.6) is 0 Å². The minimum Gasteiger partial charge on any atom is -0.203 e. The number of sulfonamides is 1. The van der Waals surface area contributed by atoms with Gasteiger partial charge in [-0.3, -0.25) is 0 Å². The van der Waals surface area contributed by atoms with Crippen molar-refractivity contribution in [3.05, 3.63) is 11.2 Å². The maximum atomic E-state index is 12.3. The first-order valence-corrected chi connectivity index (χ1v) is 5.64. The van der Waals surface area contributed by atoms with Crippen LogP contribution in [0.4, 0.5) is 13.2 Å². The van der Waals surface area contributed by atoms with E-state index in [1.54, 1.807) is 0 Å². The fourth-order valence-corrected chi connectivity index (χ4v) is 2.43. The first-order chi connectivity index (χ1) is 5.84. The van der Waals surface area contributed by atoms with Gasteiger partial charge in [-0.25, -0.2) is 8.42 Å². The lowest BCUT2D eigenvalue weighted by atomic mass is 11.1. The molecule has 0 amide bonds. The van der Waals surface area contributed by atoms with Crippen molar-refractivity contribution < 1.29 is 21.6 Å². The summed E-state index contributed by atoms with van der Waals surface area (Å²) in [6.07, 6.45) is -2.87. The summed E-state index contributed by atoms with van der Waals surface area (Å²) in [5, 5.41) is -2.63. The average Bonchev–Trinajstić information content (AvgIpc) is 2.03. The molecule has 9 heteroatoms. The number of hydrogen-bond acceptors (Lipinski definition) is 3. The summed E-state index contributed by atoms with van der Waals surface area (Å²) in [5.41, 5.74) is 0. The van der Waals surface area contributed by atoms with E-state index in [4.69, 9.17) is 11.6 Å². The molecule has 78 valence electrons. The molecule has 0 radical (unpaired) electrons. The lowest BCUT2D eigenvalue weighted by Gasteiger charge is -2.11. The number of alkyl halides is 1. The highest BCUT2D eigenvalue weighted by molar-refractivity contribution is 8.10. The van der Waals surface area contributed by atoms with Crippen molar-refractivity contribution in [1.29, 1.82) is 0 Å². The van der Waals surface area contributed by atoms with Gasteiger partial charge in [-0.2, -0.15) is 13.2 Å². The van der Waals surface area contributed by atoms with Gasteiger partial charge in [0, 0.05) is 7.05 Å². The van der Waals surface area contributed by atoms with Gasteiger partial charge >= 0.3 is 6.08 Å². The molecule has 0 aliphatic heterocycles. The standard InChI is InChI=1S/C4H5ClF3NO2S2/c1-9(12-2-5)13(10,11)4(8)3(6)7/h2H2,1H3. The molecule has 0 heterocycles. The van der Waals surface area contributed by atoms with E-state index in [9.17, 15) is 21.6 Å². The highest BCUT2D eigenvalue weighted by Gasteiger charge is 2.28. The van der Waals surface area contributed by atoms with Gasteiger partial charge in [0.05, 0.1) is 5.21 Å². The largest absolute Gasteiger partial charge is 0.319 e. The van der Waals surface area contributed by atoms with Gasteiger partial charge in [0.15, 0.2) is 0 Å². The highest BCUT2D eigenvalue weighted by Crippen LogP contribution is 2.24. The molecule has 0 aromatic heterocycles. The molecule has 0 aromatic rings. The molecule has 0 fully saturated rings. The van der Waals surface area contributed by atoms with Crippen LogP contribution in [0.25, 0.3) is 0 Å². The van der Waals surface area contributed by atoms with Crippen LogP contribution in [-0.4, -0.2) is 24.4 Å². The minimum absolute atomic E-state index is 0.184. The van der Waals surface area contributed by atoms with Crippen LogP contribution < -0.4 is 0 Å². The molecule has 0 saturated carbocycles. The third kappa shape index (κ3) is 3.37. The predicted molar refractivity (Wildman–Crippen MR) is 45.3 cm³/mol. The Morgan fingerprint density at radius 1 is 1.46 bits per heavy atom. The van der Waals surface area contributed by atoms with Crippen molar-refractivity contribution in [2.45, 2.75) is 0 Å². The number of halogens is 4. The number of nitrogens with zero attached hydrogens (tertiary/aromatic N) is 1. The Kier molecular flexibility index (Phi) is 5.11. The van der Waals surface area contributed by atoms with E-state index in [1.165, 1.54) is 0 Å². The van der Waals surface area contributed by atoms with E-state index >= 15 is 0 Å². The molecule has 0 aliphatic carbocycles. The second-order valence-corrected chi connectivity index (χ2v) is 5.45. The van der Waals surface area contributed by atoms with E-state index < -0.39 is 21.3 Å². The first-order valence-electron chi connectivity index (χ1n) is 2.72. The zero-order chi connectivity index (χ0) is 10.6. The maximum absolute atomic E-state index is 12.3. The lowest BCUT2D eigenvalue weighted by molar-refractivity contribution is 0.389. The van der Waals surface area contributed by atoms with Gasteiger partial charge in [0.2, 0.25) is 0 Å². The van der Waals surface area contributed by atoms with E-state index in [-0.39, 0.29) is 5.21 Å². The zero-order valence-electron chi connectivity index (χ0n) is 6.30. The Morgan fingerprint density at radius 2 is 1.92 bits per heavy atom. The summed E-state index contributed by atoms with van der Waals surface area (Å²) < 4.78 is 57.4. The van der Waals surface area contributed by atoms with Crippen LogP contribution in [0, 0.1) is 0 Å². The normalized spacial score (nSPS) is 11.8. The van der Waals surface area contributed by atoms with Gasteiger partial charge in [0.1, 0.15) is 0 Å². The van der Waals surface area contributed by atoms with Crippen molar-refractivity contribution >= 4 is 33.6 Å². The van der Waals surface area contributed by atoms with Crippen molar-refractivity contribution in [2.75, 3.05) is 12.3 Å². The summed E-state index contributed by atoms with van der Waals surface area (Å²) >= 11 is 5.60. The Labute approximate surface area is 82.7 Å².